The third-order valence-corrected chi connectivity index (χ3v) is 5.88. The number of nitrogens with zero attached hydrogens (tertiary/aromatic N) is 1. The molecule has 1 unspecified atom stereocenters. The van der Waals surface area contributed by atoms with E-state index >= 15 is 0 Å². The van der Waals surface area contributed by atoms with E-state index < -0.39 is 6.04 Å². The van der Waals surface area contributed by atoms with Crippen molar-refractivity contribution < 1.29 is 19.1 Å². The Kier molecular flexibility index (Phi) is 4.90. The van der Waals surface area contributed by atoms with Crippen LogP contribution >= 0.6 is 0 Å². The van der Waals surface area contributed by atoms with Crippen molar-refractivity contribution >= 4 is 16.9 Å². The molecule has 6 heteroatoms. The molecule has 1 N–H and O–H groups in total. The van der Waals surface area contributed by atoms with Gasteiger partial charge in [-0.1, -0.05) is 36.4 Å². The van der Waals surface area contributed by atoms with Gasteiger partial charge in [-0.25, -0.2) is 0 Å². The number of methoxy groups -OCH3 is 1. The van der Waals surface area contributed by atoms with E-state index in [4.69, 9.17) is 9.15 Å². The Morgan fingerprint density at radius 3 is 2.41 bits per heavy atom. The second kappa shape index (κ2) is 7.89. The van der Waals surface area contributed by atoms with Crippen LogP contribution in [0.1, 0.15) is 33.3 Å². The number of para-hydroxylation sites is 1. The number of hydrogen-bond donors (Lipinski definition) is 1. The van der Waals surface area contributed by atoms with Crippen LogP contribution in [0.15, 0.2) is 82.0 Å². The van der Waals surface area contributed by atoms with E-state index in [1.165, 1.54) is 0 Å². The van der Waals surface area contributed by atoms with Crippen LogP contribution < -0.4 is 10.2 Å². The van der Waals surface area contributed by atoms with Crippen LogP contribution in [0.2, 0.25) is 0 Å². The number of phenolic OH excluding ortho intramolecular Hbond substituents is 1. The molecule has 0 saturated heterocycles. The fourth-order valence-corrected chi connectivity index (χ4v) is 4.24. The van der Waals surface area contributed by atoms with E-state index in [0.29, 0.717) is 29.5 Å². The number of benzene rings is 3. The van der Waals surface area contributed by atoms with Crippen molar-refractivity contribution in [2.45, 2.75) is 12.5 Å². The molecule has 6 nitrogen and oxygen atoms in total. The lowest BCUT2D eigenvalue weighted by Gasteiger charge is -2.25. The fourth-order valence-electron chi connectivity index (χ4n) is 4.24. The predicted molar refractivity (Wildman–Crippen MR) is 120 cm³/mol. The molecule has 1 aliphatic heterocycles. The summed E-state index contributed by atoms with van der Waals surface area (Å²) < 4.78 is 11.1. The SMILES string of the molecule is COc1ccc(CCN2C(=O)c3oc4ccccc4c(=O)c3C2c2ccc(O)cc2)cc1. The highest BCUT2D eigenvalue weighted by molar-refractivity contribution is 5.99. The molecular formula is C26H21NO5. The van der Waals surface area contributed by atoms with E-state index in [9.17, 15) is 14.7 Å². The van der Waals surface area contributed by atoms with Gasteiger partial charge in [-0.15, -0.1) is 0 Å². The zero-order valence-corrected chi connectivity index (χ0v) is 17.4. The van der Waals surface area contributed by atoms with Crippen molar-refractivity contribution in [2.75, 3.05) is 13.7 Å². The summed E-state index contributed by atoms with van der Waals surface area (Å²) in [6.07, 6.45) is 0.603. The van der Waals surface area contributed by atoms with Gasteiger partial charge >= 0.3 is 0 Å². The van der Waals surface area contributed by atoms with E-state index in [1.807, 2.05) is 24.3 Å². The highest BCUT2D eigenvalue weighted by Crippen LogP contribution is 2.38. The third-order valence-electron chi connectivity index (χ3n) is 5.88. The first-order valence-corrected chi connectivity index (χ1v) is 10.4. The van der Waals surface area contributed by atoms with E-state index in [2.05, 4.69) is 0 Å². The monoisotopic (exact) mass is 427 g/mol. The first kappa shape index (κ1) is 19.9. The van der Waals surface area contributed by atoms with Crippen LogP contribution in [-0.2, 0) is 6.42 Å². The minimum Gasteiger partial charge on any atom is -0.508 e. The van der Waals surface area contributed by atoms with Crippen LogP contribution in [0.3, 0.4) is 0 Å². The summed E-state index contributed by atoms with van der Waals surface area (Å²) in [7, 11) is 1.62. The van der Waals surface area contributed by atoms with Gasteiger partial charge in [-0.05, 0) is 53.9 Å². The molecule has 3 aromatic carbocycles. The summed E-state index contributed by atoms with van der Waals surface area (Å²) in [5.41, 5.74) is 2.32. The lowest BCUT2D eigenvalue weighted by molar-refractivity contribution is 0.0730. The molecule has 0 saturated carbocycles. The predicted octanol–water partition coefficient (Wildman–Crippen LogP) is 4.30. The summed E-state index contributed by atoms with van der Waals surface area (Å²) in [5.74, 6) is 0.659. The number of carbonyl (C=O) groups excluding carboxylic acids is 1. The second-order valence-corrected chi connectivity index (χ2v) is 7.76. The molecule has 0 bridgehead atoms. The van der Waals surface area contributed by atoms with Crippen LogP contribution in [0.5, 0.6) is 11.5 Å². The van der Waals surface area contributed by atoms with Gasteiger partial charge < -0.3 is 19.2 Å². The topological polar surface area (TPSA) is 80.0 Å². The number of phenols is 1. The molecule has 2 heterocycles. The quantitative estimate of drug-likeness (QED) is 0.514. The normalized spacial score (nSPS) is 15.2. The van der Waals surface area contributed by atoms with Crippen molar-refractivity contribution in [2.24, 2.45) is 0 Å². The van der Waals surface area contributed by atoms with E-state index in [-0.39, 0.29) is 22.8 Å². The van der Waals surface area contributed by atoms with Gasteiger partial charge in [0.25, 0.3) is 5.91 Å². The van der Waals surface area contributed by atoms with Crippen molar-refractivity contribution in [1.82, 2.24) is 4.90 Å². The molecule has 5 rings (SSSR count). The standard InChI is InChI=1S/C26H21NO5/c1-31-19-12-6-16(7-13-19)14-15-27-23(17-8-10-18(28)11-9-17)22-24(29)20-4-2-3-5-21(20)32-25(22)26(27)30/h2-13,23,28H,14-15H2,1H3. The van der Waals surface area contributed by atoms with Gasteiger partial charge in [-0.2, -0.15) is 0 Å². The molecular weight excluding hydrogens is 406 g/mol. The van der Waals surface area contributed by atoms with Crippen LogP contribution in [0.4, 0.5) is 0 Å². The number of rotatable bonds is 5. The van der Waals surface area contributed by atoms with Gasteiger partial charge in [0.2, 0.25) is 5.76 Å². The van der Waals surface area contributed by atoms with Crippen LogP contribution in [0.25, 0.3) is 11.0 Å². The Bertz CT molecular complexity index is 1360. The van der Waals surface area contributed by atoms with Gasteiger partial charge in [0.1, 0.15) is 17.1 Å². The number of carbonyl (C=O) groups is 1. The molecule has 0 aliphatic carbocycles. The zero-order chi connectivity index (χ0) is 22.2. The lowest BCUT2D eigenvalue weighted by Crippen LogP contribution is -2.31. The average Bonchev–Trinajstić information content (AvgIpc) is 3.10. The Morgan fingerprint density at radius 1 is 0.969 bits per heavy atom. The first-order valence-electron chi connectivity index (χ1n) is 10.4. The lowest BCUT2D eigenvalue weighted by atomic mass is 9.98. The summed E-state index contributed by atoms with van der Waals surface area (Å²) in [4.78, 5) is 28.5. The maximum Gasteiger partial charge on any atom is 0.290 e. The summed E-state index contributed by atoms with van der Waals surface area (Å²) >= 11 is 0. The maximum absolute atomic E-state index is 13.4. The van der Waals surface area contributed by atoms with E-state index in [0.717, 1.165) is 16.9 Å². The van der Waals surface area contributed by atoms with Gasteiger partial charge in [0.05, 0.1) is 24.1 Å². The number of aromatic hydroxyl groups is 1. The van der Waals surface area contributed by atoms with Crippen molar-refractivity contribution in [1.29, 1.82) is 0 Å². The Balaban J connectivity index is 1.58. The molecule has 4 aromatic rings. The highest BCUT2D eigenvalue weighted by atomic mass is 16.5. The van der Waals surface area contributed by atoms with Gasteiger partial charge in [0, 0.05) is 6.54 Å². The smallest absolute Gasteiger partial charge is 0.290 e. The second-order valence-electron chi connectivity index (χ2n) is 7.76. The fraction of sp³-hybridized carbons (Fsp3) is 0.154. The van der Waals surface area contributed by atoms with Crippen molar-refractivity contribution in [3.63, 3.8) is 0 Å². The molecule has 1 aliphatic rings. The Labute approximate surface area is 184 Å². The molecule has 160 valence electrons. The minimum absolute atomic E-state index is 0.0847. The molecule has 1 atom stereocenters. The first-order chi connectivity index (χ1) is 15.6. The largest absolute Gasteiger partial charge is 0.508 e. The zero-order valence-electron chi connectivity index (χ0n) is 17.4. The summed E-state index contributed by atoms with van der Waals surface area (Å²) in [6, 6.07) is 20.6. The number of amides is 1. The van der Waals surface area contributed by atoms with Crippen LogP contribution in [0, 0.1) is 0 Å². The summed E-state index contributed by atoms with van der Waals surface area (Å²) in [6.45, 7) is 0.399. The average molecular weight is 427 g/mol. The molecule has 32 heavy (non-hydrogen) atoms. The Morgan fingerprint density at radius 2 is 1.69 bits per heavy atom. The van der Waals surface area contributed by atoms with Crippen LogP contribution in [-0.4, -0.2) is 29.6 Å². The molecule has 0 fully saturated rings. The molecule has 1 aromatic heterocycles. The van der Waals surface area contributed by atoms with E-state index in [1.54, 1.807) is 60.5 Å². The van der Waals surface area contributed by atoms with Gasteiger partial charge in [-0.3, -0.25) is 9.59 Å². The number of hydrogen-bond acceptors (Lipinski definition) is 5. The summed E-state index contributed by atoms with van der Waals surface area (Å²) in [5, 5.41) is 10.2. The van der Waals surface area contributed by atoms with Crippen molar-refractivity contribution in [3.8, 4) is 11.5 Å². The van der Waals surface area contributed by atoms with Crippen molar-refractivity contribution in [3.05, 3.63) is 105 Å². The molecule has 0 radical (unpaired) electrons. The molecule has 1 amide bonds. The highest BCUT2D eigenvalue weighted by Gasteiger charge is 2.42. The minimum atomic E-state index is -0.586. The maximum atomic E-state index is 13.4. The van der Waals surface area contributed by atoms with Gasteiger partial charge in [0.15, 0.2) is 5.43 Å². The molecule has 0 spiro atoms. The third kappa shape index (κ3) is 3.30. The number of ether oxygens (including phenoxy) is 1. The Hall–Kier alpha value is -4.06. The number of fused-ring (bicyclic) bond motifs is 2.